The first kappa shape index (κ1) is 18.7. The standard InChI is InChI=1S/C16H23N3O2.HI/c1-17-16(18-12-13-6-4-3-5-7-13)19-10-8-14(9-11-19)15(20)21-2;/h3-7,14H,8-12H2,1-2H3,(H,17,18);1H. The summed E-state index contributed by atoms with van der Waals surface area (Å²) in [6, 6.07) is 10.2. The second-order valence-corrected chi connectivity index (χ2v) is 5.17. The molecular formula is C16H24IN3O2. The molecule has 0 amide bonds. The van der Waals surface area contributed by atoms with Crippen LogP contribution in [0.3, 0.4) is 0 Å². The Kier molecular flexibility index (Phi) is 8.22. The Morgan fingerprint density at radius 3 is 2.50 bits per heavy atom. The Hall–Kier alpha value is -1.31. The van der Waals surface area contributed by atoms with E-state index in [4.69, 9.17) is 4.74 Å². The summed E-state index contributed by atoms with van der Waals surface area (Å²) in [5.74, 6) is 0.822. The van der Waals surface area contributed by atoms with Gasteiger partial charge in [-0.05, 0) is 18.4 Å². The molecule has 6 heteroatoms. The van der Waals surface area contributed by atoms with Crippen molar-refractivity contribution >= 4 is 35.9 Å². The van der Waals surface area contributed by atoms with Crippen molar-refractivity contribution in [2.45, 2.75) is 19.4 Å². The van der Waals surface area contributed by atoms with E-state index in [0.29, 0.717) is 0 Å². The third kappa shape index (κ3) is 5.15. The largest absolute Gasteiger partial charge is 0.469 e. The smallest absolute Gasteiger partial charge is 0.308 e. The van der Waals surface area contributed by atoms with Gasteiger partial charge in [0, 0.05) is 26.7 Å². The number of rotatable bonds is 3. The topological polar surface area (TPSA) is 53.9 Å². The lowest BCUT2D eigenvalue weighted by molar-refractivity contribution is -0.146. The molecule has 0 radical (unpaired) electrons. The van der Waals surface area contributed by atoms with Crippen LogP contribution >= 0.6 is 24.0 Å². The second-order valence-electron chi connectivity index (χ2n) is 5.17. The predicted molar refractivity (Wildman–Crippen MR) is 98.4 cm³/mol. The van der Waals surface area contributed by atoms with Crippen molar-refractivity contribution in [3.8, 4) is 0 Å². The summed E-state index contributed by atoms with van der Waals surface area (Å²) >= 11 is 0. The molecule has 1 heterocycles. The monoisotopic (exact) mass is 417 g/mol. The molecule has 1 aromatic rings. The van der Waals surface area contributed by atoms with E-state index in [0.717, 1.165) is 38.4 Å². The zero-order valence-corrected chi connectivity index (χ0v) is 15.4. The first-order valence-electron chi connectivity index (χ1n) is 7.32. The van der Waals surface area contributed by atoms with Gasteiger partial charge < -0.3 is 15.0 Å². The molecule has 1 fully saturated rings. The first-order chi connectivity index (χ1) is 10.2. The van der Waals surface area contributed by atoms with E-state index < -0.39 is 0 Å². The maximum atomic E-state index is 11.5. The zero-order chi connectivity index (χ0) is 15.1. The molecule has 1 aliphatic rings. The van der Waals surface area contributed by atoms with Crippen LogP contribution in [0.5, 0.6) is 0 Å². The van der Waals surface area contributed by atoms with Gasteiger partial charge in [-0.1, -0.05) is 30.3 Å². The van der Waals surface area contributed by atoms with Gasteiger partial charge in [0.1, 0.15) is 0 Å². The van der Waals surface area contributed by atoms with Gasteiger partial charge in [0.25, 0.3) is 0 Å². The Morgan fingerprint density at radius 1 is 1.32 bits per heavy atom. The van der Waals surface area contributed by atoms with Crippen LogP contribution in [0.2, 0.25) is 0 Å². The van der Waals surface area contributed by atoms with Crippen molar-refractivity contribution in [2.75, 3.05) is 27.2 Å². The predicted octanol–water partition coefficient (Wildman–Crippen LogP) is 2.27. The number of ether oxygens (including phenoxy) is 1. The van der Waals surface area contributed by atoms with Crippen molar-refractivity contribution in [3.63, 3.8) is 0 Å². The van der Waals surface area contributed by atoms with Gasteiger partial charge in [0.15, 0.2) is 5.96 Å². The van der Waals surface area contributed by atoms with Gasteiger partial charge >= 0.3 is 5.97 Å². The van der Waals surface area contributed by atoms with E-state index in [1.807, 2.05) is 18.2 Å². The van der Waals surface area contributed by atoms with Crippen LogP contribution in [-0.2, 0) is 16.1 Å². The Balaban J connectivity index is 0.00000242. The number of esters is 1. The highest BCUT2D eigenvalue weighted by Crippen LogP contribution is 2.18. The summed E-state index contributed by atoms with van der Waals surface area (Å²) in [5.41, 5.74) is 1.23. The number of methoxy groups -OCH3 is 1. The normalized spacial score (nSPS) is 15.9. The lowest BCUT2D eigenvalue weighted by Gasteiger charge is -2.33. The SMILES string of the molecule is CN=C(NCc1ccccc1)N1CCC(C(=O)OC)CC1.I. The molecule has 2 rings (SSSR count). The number of aliphatic imine (C=N–C) groups is 1. The van der Waals surface area contributed by atoms with E-state index in [1.54, 1.807) is 7.05 Å². The number of piperidine rings is 1. The minimum absolute atomic E-state index is 0. The highest BCUT2D eigenvalue weighted by Gasteiger charge is 2.26. The quantitative estimate of drug-likeness (QED) is 0.355. The second kappa shape index (κ2) is 9.66. The molecule has 122 valence electrons. The average molecular weight is 417 g/mol. The van der Waals surface area contributed by atoms with Crippen LogP contribution in [0, 0.1) is 5.92 Å². The summed E-state index contributed by atoms with van der Waals surface area (Å²) in [6.45, 7) is 2.41. The molecule has 1 aliphatic heterocycles. The molecular weight excluding hydrogens is 393 g/mol. The van der Waals surface area contributed by atoms with Crippen LogP contribution < -0.4 is 5.32 Å². The molecule has 1 aromatic carbocycles. The molecule has 1 saturated heterocycles. The van der Waals surface area contributed by atoms with Crippen LogP contribution in [-0.4, -0.2) is 44.1 Å². The molecule has 0 aliphatic carbocycles. The highest BCUT2D eigenvalue weighted by molar-refractivity contribution is 14.0. The lowest BCUT2D eigenvalue weighted by atomic mass is 9.97. The van der Waals surface area contributed by atoms with Crippen molar-refractivity contribution in [2.24, 2.45) is 10.9 Å². The number of nitrogens with one attached hydrogen (secondary N) is 1. The third-order valence-corrected chi connectivity index (χ3v) is 3.83. The number of nitrogens with zero attached hydrogens (tertiary/aromatic N) is 2. The maximum absolute atomic E-state index is 11.5. The van der Waals surface area contributed by atoms with Crippen molar-refractivity contribution < 1.29 is 9.53 Å². The van der Waals surface area contributed by atoms with Gasteiger partial charge in [-0.15, -0.1) is 24.0 Å². The van der Waals surface area contributed by atoms with Crippen molar-refractivity contribution in [1.29, 1.82) is 0 Å². The van der Waals surface area contributed by atoms with Gasteiger partial charge in [0.05, 0.1) is 13.0 Å². The van der Waals surface area contributed by atoms with Gasteiger partial charge in [-0.3, -0.25) is 9.79 Å². The molecule has 5 nitrogen and oxygen atoms in total. The number of benzene rings is 1. The fourth-order valence-electron chi connectivity index (χ4n) is 2.60. The van der Waals surface area contributed by atoms with Crippen LogP contribution in [0.1, 0.15) is 18.4 Å². The first-order valence-corrected chi connectivity index (χ1v) is 7.32. The minimum atomic E-state index is -0.0955. The summed E-state index contributed by atoms with van der Waals surface area (Å²) in [4.78, 5) is 18.1. The summed E-state index contributed by atoms with van der Waals surface area (Å²) in [5, 5.41) is 3.37. The molecule has 0 spiro atoms. The van der Waals surface area contributed by atoms with Crippen LogP contribution in [0.15, 0.2) is 35.3 Å². The molecule has 0 unspecified atom stereocenters. The molecule has 22 heavy (non-hydrogen) atoms. The van der Waals surface area contributed by atoms with Crippen molar-refractivity contribution in [3.05, 3.63) is 35.9 Å². The molecule has 0 atom stereocenters. The maximum Gasteiger partial charge on any atom is 0.308 e. The molecule has 0 aromatic heterocycles. The highest BCUT2D eigenvalue weighted by atomic mass is 127. The average Bonchev–Trinajstić information content (AvgIpc) is 2.56. The number of likely N-dealkylation sites (tertiary alicyclic amines) is 1. The Labute approximate surface area is 149 Å². The Morgan fingerprint density at radius 2 is 1.95 bits per heavy atom. The summed E-state index contributed by atoms with van der Waals surface area (Å²) in [7, 11) is 3.24. The number of carbonyl (C=O) groups is 1. The lowest BCUT2D eigenvalue weighted by Crippen LogP contribution is -2.46. The Bertz CT molecular complexity index is 485. The van der Waals surface area contributed by atoms with Crippen molar-refractivity contribution in [1.82, 2.24) is 10.2 Å². The third-order valence-electron chi connectivity index (χ3n) is 3.83. The van der Waals surface area contributed by atoms with Crippen LogP contribution in [0.4, 0.5) is 0 Å². The van der Waals surface area contributed by atoms with Gasteiger partial charge in [-0.2, -0.15) is 0 Å². The summed E-state index contributed by atoms with van der Waals surface area (Å²) < 4.78 is 4.81. The minimum Gasteiger partial charge on any atom is -0.469 e. The van der Waals surface area contributed by atoms with E-state index >= 15 is 0 Å². The number of hydrogen-bond donors (Lipinski definition) is 1. The van der Waals surface area contributed by atoms with E-state index in [1.165, 1.54) is 12.7 Å². The number of hydrogen-bond acceptors (Lipinski definition) is 3. The zero-order valence-electron chi connectivity index (χ0n) is 13.1. The number of carbonyl (C=O) groups excluding carboxylic acids is 1. The van der Waals surface area contributed by atoms with Gasteiger partial charge in [0.2, 0.25) is 0 Å². The van der Waals surface area contributed by atoms with E-state index in [2.05, 4.69) is 27.3 Å². The van der Waals surface area contributed by atoms with Crippen LogP contribution in [0.25, 0.3) is 0 Å². The fourth-order valence-corrected chi connectivity index (χ4v) is 2.60. The molecule has 0 bridgehead atoms. The van der Waals surface area contributed by atoms with E-state index in [9.17, 15) is 4.79 Å². The van der Waals surface area contributed by atoms with E-state index in [-0.39, 0.29) is 35.9 Å². The van der Waals surface area contributed by atoms with Gasteiger partial charge in [-0.25, -0.2) is 0 Å². The molecule has 1 N–H and O–H groups in total. The fraction of sp³-hybridized carbons (Fsp3) is 0.500. The number of guanidine groups is 1. The summed E-state index contributed by atoms with van der Waals surface area (Å²) in [6.07, 6.45) is 1.64. The molecule has 0 saturated carbocycles. The number of halogens is 1.